The molecule has 8 nitrogen and oxygen atoms in total. The van der Waals surface area contributed by atoms with E-state index < -0.39 is 0 Å². The fourth-order valence-electron chi connectivity index (χ4n) is 5.37. The average molecular weight is 483 g/mol. The second-order valence-electron chi connectivity index (χ2n) is 9.81. The normalized spacial score (nSPS) is 16.8. The third-order valence-corrected chi connectivity index (χ3v) is 7.40. The molecule has 0 atom stereocenters. The first kappa shape index (κ1) is 22.7. The molecule has 2 N–H and O–H groups in total. The molecule has 4 aromatic rings. The van der Waals surface area contributed by atoms with Crippen molar-refractivity contribution in [2.45, 2.75) is 44.6 Å². The van der Waals surface area contributed by atoms with Crippen LogP contribution in [-0.4, -0.2) is 51.1 Å². The highest BCUT2D eigenvalue weighted by atomic mass is 16.5. The summed E-state index contributed by atoms with van der Waals surface area (Å²) < 4.78 is 5.23. The fourth-order valence-corrected chi connectivity index (χ4v) is 5.37. The molecule has 0 amide bonds. The number of likely N-dealkylation sites (tertiary alicyclic amines) is 1. The summed E-state index contributed by atoms with van der Waals surface area (Å²) in [4.78, 5) is 31.6. The van der Waals surface area contributed by atoms with Crippen LogP contribution in [0.1, 0.15) is 42.7 Å². The van der Waals surface area contributed by atoms with Crippen molar-refractivity contribution in [1.29, 1.82) is 0 Å². The van der Waals surface area contributed by atoms with Crippen LogP contribution in [0.15, 0.2) is 53.7 Å². The zero-order valence-corrected chi connectivity index (χ0v) is 20.6. The van der Waals surface area contributed by atoms with Crippen LogP contribution in [0.3, 0.4) is 0 Å². The number of aryl methyl sites for hydroxylation is 1. The van der Waals surface area contributed by atoms with Crippen molar-refractivity contribution in [3.05, 3.63) is 70.4 Å². The zero-order valence-electron chi connectivity index (χ0n) is 20.6. The van der Waals surface area contributed by atoms with E-state index in [9.17, 15) is 4.79 Å². The number of methoxy groups -OCH3 is 1. The maximum atomic E-state index is 12.8. The molecule has 6 rings (SSSR count). The van der Waals surface area contributed by atoms with Gasteiger partial charge in [0, 0.05) is 17.9 Å². The van der Waals surface area contributed by atoms with Crippen molar-refractivity contribution >= 4 is 22.3 Å². The molecule has 1 saturated heterocycles. The first-order valence-electron chi connectivity index (χ1n) is 12.6. The highest BCUT2D eigenvalue weighted by Crippen LogP contribution is 2.36. The number of hydrogen-bond acceptors (Lipinski definition) is 7. The molecular formula is C28H30N6O2. The molecule has 0 spiro atoms. The van der Waals surface area contributed by atoms with E-state index in [1.165, 1.54) is 49.9 Å². The molecule has 1 saturated carbocycles. The molecule has 8 heteroatoms. The molecule has 1 aliphatic carbocycles. The summed E-state index contributed by atoms with van der Waals surface area (Å²) >= 11 is 0. The fraction of sp³-hybridized carbons (Fsp3) is 0.357. The van der Waals surface area contributed by atoms with E-state index in [-0.39, 0.29) is 5.56 Å². The largest absolute Gasteiger partial charge is 0.480 e. The van der Waals surface area contributed by atoms with Gasteiger partial charge in [-0.05, 0) is 92.4 Å². The molecule has 4 heterocycles. The quantitative estimate of drug-likeness (QED) is 0.408. The Morgan fingerprint density at radius 1 is 1.03 bits per heavy atom. The van der Waals surface area contributed by atoms with Crippen molar-refractivity contribution in [2.24, 2.45) is 0 Å². The molecule has 0 unspecified atom stereocenters. The Hall–Kier alpha value is -3.78. The van der Waals surface area contributed by atoms with Gasteiger partial charge in [-0.15, -0.1) is 0 Å². The van der Waals surface area contributed by atoms with Crippen molar-refractivity contribution in [2.75, 3.05) is 25.5 Å². The van der Waals surface area contributed by atoms with E-state index in [0.717, 1.165) is 17.1 Å². The van der Waals surface area contributed by atoms with Gasteiger partial charge in [0.1, 0.15) is 11.5 Å². The summed E-state index contributed by atoms with van der Waals surface area (Å²) in [6.45, 7) is 4.58. The first-order chi connectivity index (χ1) is 17.6. The van der Waals surface area contributed by atoms with Crippen LogP contribution in [0.2, 0.25) is 0 Å². The summed E-state index contributed by atoms with van der Waals surface area (Å²) in [5.74, 6) is 1.49. The van der Waals surface area contributed by atoms with Gasteiger partial charge >= 0.3 is 0 Å². The van der Waals surface area contributed by atoms with Gasteiger partial charge in [-0.1, -0.05) is 6.07 Å². The molecule has 184 valence electrons. The minimum atomic E-state index is -0.193. The van der Waals surface area contributed by atoms with Gasteiger partial charge in [0.15, 0.2) is 0 Å². The molecule has 0 bridgehead atoms. The number of aromatic amines is 1. The second kappa shape index (κ2) is 9.35. The number of hydrogen-bond donors (Lipinski definition) is 2. The highest BCUT2D eigenvalue weighted by molar-refractivity contribution is 5.94. The third kappa shape index (κ3) is 4.44. The lowest BCUT2D eigenvalue weighted by Gasteiger charge is -2.33. The van der Waals surface area contributed by atoms with Gasteiger partial charge in [0.25, 0.3) is 5.56 Å². The maximum Gasteiger partial charge on any atom is 0.259 e. The van der Waals surface area contributed by atoms with Crippen LogP contribution in [0.4, 0.5) is 11.5 Å². The van der Waals surface area contributed by atoms with Crippen molar-refractivity contribution in [3.63, 3.8) is 0 Å². The number of rotatable bonds is 6. The number of benzene rings is 1. The minimum absolute atomic E-state index is 0.193. The molecule has 2 aliphatic rings. The predicted octanol–water partition coefficient (Wildman–Crippen LogP) is 4.78. The molecule has 3 aromatic heterocycles. The smallest absolute Gasteiger partial charge is 0.259 e. The Morgan fingerprint density at radius 3 is 2.61 bits per heavy atom. The molecule has 1 aromatic carbocycles. The number of ether oxygens (including phenoxy) is 1. The summed E-state index contributed by atoms with van der Waals surface area (Å²) in [5, 5.41) is 4.68. The summed E-state index contributed by atoms with van der Waals surface area (Å²) in [6.07, 6.45) is 10.0. The van der Waals surface area contributed by atoms with Crippen LogP contribution >= 0.6 is 0 Å². The SMILES string of the molecule is COc1cncc(-c2cc3cc[nH]c(=O)c3c(Nc3ccc(C4CCN(C5CC5)CC4)c(C)c3)n2)n1. The Morgan fingerprint density at radius 2 is 1.86 bits per heavy atom. The summed E-state index contributed by atoms with van der Waals surface area (Å²) in [6, 6.07) is 11.1. The van der Waals surface area contributed by atoms with Gasteiger partial charge < -0.3 is 19.9 Å². The molecular weight excluding hydrogens is 452 g/mol. The number of piperidine rings is 1. The second-order valence-corrected chi connectivity index (χ2v) is 9.81. The molecule has 0 radical (unpaired) electrons. The molecule has 2 fully saturated rings. The van der Waals surface area contributed by atoms with Crippen LogP contribution in [0.5, 0.6) is 5.88 Å². The number of nitrogens with zero attached hydrogens (tertiary/aromatic N) is 4. The van der Waals surface area contributed by atoms with Gasteiger partial charge in [0.2, 0.25) is 5.88 Å². The molecule has 36 heavy (non-hydrogen) atoms. The summed E-state index contributed by atoms with van der Waals surface area (Å²) in [7, 11) is 1.55. The summed E-state index contributed by atoms with van der Waals surface area (Å²) in [5.41, 5.74) is 4.57. The van der Waals surface area contributed by atoms with Gasteiger partial charge in [-0.25, -0.2) is 9.97 Å². The lowest BCUT2D eigenvalue weighted by Crippen LogP contribution is -2.34. The molecule has 1 aliphatic heterocycles. The Balaban J connectivity index is 1.31. The monoisotopic (exact) mass is 482 g/mol. The lowest BCUT2D eigenvalue weighted by atomic mass is 9.86. The Labute approximate surface area is 209 Å². The van der Waals surface area contributed by atoms with Crippen molar-refractivity contribution < 1.29 is 4.74 Å². The topological polar surface area (TPSA) is 96.0 Å². The third-order valence-electron chi connectivity index (χ3n) is 7.40. The Kier molecular flexibility index (Phi) is 5.89. The van der Waals surface area contributed by atoms with Crippen LogP contribution < -0.4 is 15.6 Å². The van der Waals surface area contributed by atoms with Gasteiger partial charge in [-0.2, -0.15) is 0 Å². The van der Waals surface area contributed by atoms with E-state index in [0.29, 0.717) is 34.4 Å². The number of fused-ring (bicyclic) bond motifs is 1. The van der Waals surface area contributed by atoms with Crippen LogP contribution in [0, 0.1) is 6.92 Å². The predicted molar refractivity (Wildman–Crippen MR) is 141 cm³/mol. The van der Waals surface area contributed by atoms with Crippen molar-refractivity contribution in [1.82, 2.24) is 24.8 Å². The highest BCUT2D eigenvalue weighted by Gasteiger charge is 2.32. The van der Waals surface area contributed by atoms with Gasteiger partial charge in [0.05, 0.1) is 30.6 Å². The minimum Gasteiger partial charge on any atom is -0.480 e. The van der Waals surface area contributed by atoms with E-state index in [1.807, 2.05) is 12.1 Å². The first-order valence-corrected chi connectivity index (χ1v) is 12.6. The van der Waals surface area contributed by atoms with E-state index in [1.54, 1.807) is 25.7 Å². The number of aromatic nitrogens is 4. The number of nitrogens with one attached hydrogen (secondary N) is 2. The standard InChI is InChI=1S/C28H30N6O2/c1-17-13-20(3-6-22(17)18-8-11-34(12-9-18)21-4-5-21)31-27-26-19(7-10-30-28(26)35)14-23(33-27)24-15-29-16-25(32-24)36-2/h3,6-7,10,13-16,18,21H,4-5,8-9,11-12H2,1-2H3,(H,30,35)(H,31,33). The van der Waals surface area contributed by atoms with E-state index in [2.05, 4.69) is 50.3 Å². The number of H-pyrrole nitrogens is 1. The number of anilines is 2. The zero-order chi connectivity index (χ0) is 24.6. The van der Waals surface area contributed by atoms with Gasteiger partial charge in [-0.3, -0.25) is 9.78 Å². The lowest BCUT2D eigenvalue weighted by molar-refractivity contribution is 0.203. The van der Waals surface area contributed by atoms with E-state index in [4.69, 9.17) is 9.72 Å². The maximum absolute atomic E-state index is 12.8. The van der Waals surface area contributed by atoms with Crippen LogP contribution in [-0.2, 0) is 0 Å². The Bertz CT molecular complexity index is 1470. The average Bonchev–Trinajstić information content (AvgIpc) is 3.75. The van der Waals surface area contributed by atoms with Crippen LogP contribution in [0.25, 0.3) is 22.2 Å². The number of pyridine rings is 2. The van der Waals surface area contributed by atoms with E-state index >= 15 is 0 Å². The van der Waals surface area contributed by atoms with Crippen molar-refractivity contribution in [3.8, 4) is 17.3 Å².